The normalized spacial score (nSPS) is 18.1. The van der Waals surface area contributed by atoms with Crippen molar-refractivity contribution in [3.8, 4) is 0 Å². The maximum atomic E-state index is 12.5. The molecular formula is C13H19N3O3S. The molecule has 2 N–H and O–H groups in total. The highest BCUT2D eigenvalue weighted by Gasteiger charge is 2.28. The van der Waals surface area contributed by atoms with E-state index >= 15 is 0 Å². The van der Waals surface area contributed by atoms with E-state index < -0.39 is 10.0 Å². The van der Waals surface area contributed by atoms with Gasteiger partial charge in [-0.25, -0.2) is 8.42 Å². The van der Waals surface area contributed by atoms with E-state index in [4.69, 9.17) is 5.73 Å². The maximum Gasteiger partial charge on any atom is 0.243 e. The van der Waals surface area contributed by atoms with Gasteiger partial charge < -0.3 is 5.73 Å². The molecule has 7 heteroatoms. The zero-order chi connectivity index (χ0) is 14.8. The second-order valence-corrected chi connectivity index (χ2v) is 6.90. The Labute approximate surface area is 119 Å². The van der Waals surface area contributed by atoms with Crippen molar-refractivity contribution in [1.29, 1.82) is 0 Å². The van der Waals surface area contributed by atoms with Gasteiger partial charge in [0.1, 0.15) is 0 Å². The predicted octanol–water partition coefficient (Wildman–Crippen LogP) is -0.213. The SMILES string of the molecule is Cc1cccc(S(=O)(=O)N2CCN(CC(N)=O)CC2)c1. The number of rotatable bonds is 4. The Kier molecular flexibility index (Phi) is 4.42. The van der Waals surface area contributed by atoms with E-state index in [0.717, 1.165) is 5.56 Å². The summed E-state index contributed by atoms with van der Waals surface area (Å²) in [7, 11) is -3.45. The summed E-state index contributed by atoms with van der Waals surface area (Å²) >= 11 is 0. The first-order chi connectivity index (χ1) is 9.39. The molecule has 1 heterocycles. The van der Waals surface area contributed by atoms with Crippen molar-refractivity contribution in [3.05, 3.63) is 29.8 Å². The van der Waals surface area contributed by atoms with E-state index in [1.165, 1.54) is 4.31 Å². The molecule has 1 aliphatic rings. The molecular weight excluding hydrogens is 278 g/mol. The van der Waals surface area contributed by atoms with Gasteiger partial charge in [0, 0.05) is 26.2 Å². The molecule has 0 aliphatic carbocycles. The molecule has 0 atom stereocenters. The fraction of sp³-hybridized carbons (Fsp3) is 0.462. The highest BCUT2D eigenvalue weighted by Crippen LogP contribution is 2.18. The van der Waals surface area contributed by atoms with Gasteiger partial charge in [-0.15, -0.1) is 0 Å². The van der Waals surface area contributed by atoms with E-state index in [0.29, 0.717) is 31.1 Å². The first-order valence-electron chi connectivity index (χ1n) is 6.47. The number of carbonyl (C=O) groups excluding carboxylic acids is 1. The van der Waals surface area contributed by atoms with Gasteiger partial charge in [-0.3, -0.25) is 9.69 Å². The lowest BCUT2D eigenvalue weighted by molar-refractivity contribution is -0.119. The van der Waals surface area contributed by atoms with Crippen LogP contribution in [0.15, 0.2) is 29.2 Å². The van der Waals surface area contributed by atoms with Crippen LogP contribution in [0, 0.1) is 6.92 Å². The third kappa shape index (κ3) is 3.36. The molecule has 0 unspecified atom stereocenters. The topological polar surface area (TPSA) is 83.7 Å². The zero-order valence-corrected chi connectivity index (χ0v) is 12.3. The summed E-state index contributed by atoms with van der Waals surface area (Å²) in [5, 5.41) is 0. The van der Waals surface area contributed by atoms with Gasteiger partial charge in [-0.05, 0) is 24.6 Å². The molecule has 1 aromatic carbocycles. The maximum absolute atomic E-state index is 12.5. The van der Waals surface area contributed by atoms with Crippen LogP contribution in [0.5, 0.6) is 0 Å². The predicted molar refractivity (Wildman–Crippen MR) is 75.6 cm³/mol. The average Bonchev–Trinajstić information content (AvgIpc) is 2.38. The number of sulfonamides is 1. The van der Waals surface area contributed by atoms with Crippen molar-refractivity contribution >= 4 is 15.9 Å². The molecule has 0 radical (unpaired) electrons. The van der Waals surface area contributed by atoms with Crippen molar-refractivity contribution in [2.75, 3.05) is 32.7 Å². The van der Waals surface area contributed by atoms with Crippen molar-refractivity contribution < 1.29 is 13.2 Å². The van der Waals surface area contributed by atoms with Gasteiger partial charge in [0.25, 0.3) is 0 Å². The number of piperazine rings is 1. The molecule has 1 aliphatic heterocycles. The number of aryl methyl sites for hydroxylation is 1. The third-order valence-corrected chi connectivity index (χ3v) is 5.23. The van der Waals surface area contributed by atoms with Gasteiger partial charge in [0.2, 0.25) is 15.9 Å². The summed E-state index contributed by atoms with van der Waals surface area (Å²) in [6.45, 7) is 3.84. The summed E-state index contributed by atoms with van der Waals surface area (Å²) in [6, 6.07) is 6.89. The Morgan fingerprint density at radius 3 is 2.45 bits per heavy atom. The van der Waals surface area contributed by atoms with Gasteiger partial charge in [-0.2, -0.15) is 4.31 Å². The lowest BCUT2D eigenvalue weighted by Gasteiger charge is -2.33. The molecule has 0 bridgehead atoms. The Balaban J connectivity index is 2.08. The molecule has 20 heavy (non-hydrogen) atoms. The highest BCUT2D eigenvalue weighted by molar-refractivity contribution is 7.89. The Bertz CT molecular complexity index is 593. The van der Waals surface area contributed by atoms with Gasteiger partial charge in [-0.1, -0.05) is 12.1 Å². The average molecular weight is 297 g/mol. The zero-order valence-electron chi connectivity index (χ0n) is 11.4. The molecule has 1 aromatic rings. The molecule has 0 aromatic heterocycles. The summed E-state index contributed by atoms with van der Waals surface area (Å²) in [6.07, 6.45) is 0. The second-order valence-electron chi connectivity index (χ2n) is 4.96. The molecule has 1 amide bonds. The molecule has 1 fully saturated rings. The Morgan fingerprint density at radius 1 is 1.25 bits per heavy atom. The van der Waals surface area contributed by atoms with Crippen molar-refractivity contribution in [2.24, 2.45) is 5.73 Å². The quantitative estimate of drug-likeness (QED) is 0.833. The molecule has 110 valence electrons. The lowest BCUT2D eigenvalue weighted by atomic mass is 10.2. The number of carbonyl (C=O) groups is 1. The minimum absolute atomic E-state index is 0.179. The fourth-order valence-corrected chi connectivity index (χ4v) is 3.80. The highest BCUT2D eigenvalue weighted by atomic mass is 32.2. The van der Waals surface area contributed by atoms with E-state index in [1.54, 1.807) is 18.2 Å². The number of amides is 1. The Hall–Kier alpha value is -1.44. The first kappa shape index (κ1) is 15.0. The number of benzene rings is 1. The smallest absolute Gasteiger partial charge is 0.243 e. The number of primary amides is 1. The van der Waals surface area contributed by atoms with Gasteiger partial charge in [0.15, 0.2) is 0 Å². The summed E-state index contributed by atoms with van der Waals surface area (Å²) in [5.41, 5.74) is 6.05. The van der Waals surface area contributed by atoms with Crippen LogP contribution in [0.25, 0.3) is 0 Å². The van der Waals surface area contributed by atoms with Crippen LogP contribution in [0.3, 0.4) is 0 Å². The van der Waals surface area contributed by atoms with Crippen molar-refractivity contribution in [3.63, 3.8) is 0 Å². The van der Waals surface area contributed by atoms with Crippen molar-refractivity contribution in [2.45, 2.75) is 11.8 Å². The number of hydrogen-bond acceptors (Lipinski definition) is 4. The van der Waals surface area contributed by atoms with Crippen LogP contribution in [0.1, 0.15) is 5.56 Å². The standard InChI is InChI=1S/C13H19N3O3S/c1-11-3-2-4-12(9-11)20(18,19)16-7-5-15(6-8-16)10-13(14)17/h2-4,9H,5-8,10H2,1H3,(H2,14,17). The molecule has 1 saturated heterocycles. The van der Waals surface area contributed by atoms with Crippen LogP contribution in [0.4, 0.5) is 0 Å². The first-order valence-corrected chi connectivity index (χ1v) is 7.91. The van der Waals surface area contributed by atoms with Gasteiger partial charge >= 0.3 is 0 Å². The number of nitrogens with two attached hydrogens (primary N) is 1. The van der Waals surface area contributed by atoms with Gasteiger partial charge in [0.05, 0.1) is 11.4 Å². The van der Waals surface area contributed by atoms with Crippen LogP contribution >= 0.6 is 0 Å². The largest absolute Gasteiger partial charge is 0.369 e. The van der Waals surface area contributed by atoms with E-state index in [9.17, 15) is 13.2 Å². The third-order valence-electron chi connectivity index (χ3n) is 3.34. The molecule has 6 nitrogen and oxygen atoms in total. The second kappa shape index (κ2) is 5.90. The van der Waals surface area contributed by atoms with Crippen LogP contribution in [-0.4, -0.2) is 56.3 Å². The number of nitrogens with zero attached hydrogens (tertiary/aromatic N) is 2. The monoisotopic (exact) mass is 297 g/mol. The molecule has 0 saturated carbocycles. The van der Waals surface area contributed by atoms with Crippen LogP contribution < -0.4 is 5.73 Å². The fourth-order valence-electron chi connectivity index (χ4n) is 2.27. The van der Waals surface area contributed by atoms with Crippen LogP contribution in [0.2, 0.25) is 0 Å². The van der Waals surface area contributed by atoms with E-state index in [2.05, 4.69) is 0 Å². The molecule has 0 spiro atoms. The lowest BCUT2D eigenvalue weighted by Crippen LogP contribution is -2.50. The van der Waals surface area contributed by atoms with Crippen LogP contribution in [-0.2, 0) is 14.8 Å². The van der Waals surface area contributed by atoms with E-state index in [-0.39, 0.29) is 12.5 Å². The minimum Gasteiger partial charge on any atom is -0.369 e. The van der Waals surface area contributed by atoms with Crippen molar-refractivity contribution in [1.82, 2.24) is 9.21 Å². The summed E-state index contributed by atoms with van der Waals surface area (Å²) in [4.78, 5) is 13.0. The molecule has 2 rings (SSSR count). The van der Waals surface area contributed by atoms with E-state index in [1.807, 2.05) is 17.9 Å². The minimum atomic E-state index is -3.45. The summed E-state index contributed by atoms with van der Waals surface area (Å²) in [5.74, 6) is -0.389. The number of hydrogen-bond donors (Lipinski definition) is 1. The summed E-state index contributed by atoms with van der Waals surface area (Å²) < 4.78 is 26.4. The Morgan fingerprint density at radius 2 is 1.90 bits per heavy atom.